The van der Waals surface area contributed by atoms with Gasteiger partial charge in [0.05, 0.1) is 6.54 Å². The third kappa shape index (κ3) is 3.97. The predicted molar refractivity (Wildman–Crippen MR) is 48.5 cm³/mol. The van der Waals surface area contributed by atoms with E-state index in [0.29, 0.717) is 19.6 Å². The van der Waals surface area contributed by atoms with Gasteiger partial charge in [-0.3, -0.25) is 4.90 Å². The van der Waals surface area contributed by atoms with Crippen molar-refractivity contribution in [3.63, 3.8) is 0 Å². The first kappa shape index (κ1) is 11.8. The molecule has 0 atom stereocenters. The van der Waals surface area contributed by atoms with Crippen molar-refractivity contribution < 1.29 is 10.2 Å². The summed E-state index contributed by atoms with van der Waals surface area (Å²) in [6, 6.07) is 0. The van der Waals surface area contributed by atoms with Gasteiger partial charge in [-0.2, -0.15) is 0 Å². The molecule has 1 saturated heterocycles. The number of alkyl halides is 2. The van der Waals surface area contributed by atoms with Crippen molar-refractivity contribution in [3.8, 4) is 0 Å². The molecule has 0 aromatic carbocycles. The number of hydrogen-bond acceptors (Lipinski definition) is 2. The molecule has 2 nitrogen and oxygen atoms in total. The lowest BCUT2D eigenvalue weighted by Gasteiger charge is -2.13. The maximum Gasteiger partial charge on any atom is 0.261 e. The van der Waals surface area contributed by atoms with Crippen molar-refractivity contribution in [2.24, 2.45) is 5.73 Å². The van der Waals surface area contributed by atoms with E-state index in [1.54, 1.807) is 4.90 Å². The molecule has 2 N–H and O–H groups in total. The quantitative estimate of drug-likeness (QED) is 0.702. The lowest BCUT2D eigenvalue weighted by molar-refractivity contribution is 0.0125. The second kappa shape index (κ2) is 5.43. The number of nitrogens with zero attached hydrogens (tertiary/aromatic N) is 1. The van der Waals surface area contributed by atoms with Crippen molar-refractivity contribution >= 4 is 0 Å². The molecule has 0 unspecified atom stereocenters. The molecule has 1 rings (SSSR count). The number of halogens is 2. The van der Waals surface area contributed by atoms with Crippen molar-refractivity contribution in [2.75, 3.05) is 26.2 Å². The highest BCUT2D eigenvalue weighted by atomic mass is 19.3. The summed E-state index contributed by atoms with van der Waals surface area (Å²) in [5.41, 5.74) is 5.21. The van der Waals surface area contributed by atoms with Gasteiger partial charge in [-0.15, -0.1) is 0 Å². The average Bonchev–Trinajstić information content (AvgIpc) is 2.35. The zero-order valence-corrected chi connectivity index (χ0v) is 7.82. The van der Waals surface area contributed by atoms with Crippen molar-refractivity contribution in [1.29, 1.82) is 0 Å². The highest BCUT2D eigenvalue weighted by molar-refractivity contribution is 4.81. The van der Waals surface area contributed by atoms with Crippen LogP contribution >= 0.6 is 0 Å². The fourth-order valence-corrected chi connectivity index (χ4v) is 1.18. The Labute approximate surface area is 74.2 Å². The van der Waals surface area contributed by atoms with Gasteiger partial charge >= 0.3 is 0 Å². The smallest absolute Gasteiger partial charge is 0.261 e. The van der Waals surface area contributed by atoms with Crippen LogP contribution in [0.5, 0.6) is 0 Å². The summed E-state index contributed by atoms with van der Waals surface area (Å²) in [5.74, 6) is -2.46. The fourth-order valence-electron chi connectivity index (χ4n) is 1.18. The van der Waals surface area contributed by atoms with E-state index in [9.17, 15) is 8.78 Å². The van der Waals surface area contributed by atoms with E-state index in [4.69, 9.17) is 5.73 Å². The topological polar surface area (TPSA) is 29.3 Å². The minimum absolute atomic E-state index is 0. The molecule has 0 bridgehead atoms. The molecule has 0 aromatic heterocycles. The fraction of sp³-hybridized carbons (Fsp3) is 1.00. The first-order valence-corrected chi connectivity index (χ1v) is 4.44. The van der Waals surface area contributed by atoms with Crippen LogP contribution < -0.4 is 5.73 Å². The molecule has 4 heteroatoms. The van der Waals surface area contributed by atoms with Crippen LogP contribution in [-0.2, 0) is 0 Å². The Morgan fingerprint density at radius 2 is 2.08 bits per heavy atom. The highest BCUT2D eigenvalue weighted by Crippen LogP contribution is 2.25. The number of rotatable bonds is 2. The molecule has 0 radical (unpaired) electrons. The number of nitrogens with two attached hydrogens (primary N) is 1. The van der Waals surface area contributed by atoms with Gasteiger partial charge in [-0.1, -0.05) is 13.8 Å². The summed E-state index contributed by atoms with van der Waals surface area (Å²) >= 11 is 0. The minimum atomic E-state index is -2.46. The zero-order valence-electron chi connectivity index (χ0n) is 7.82. The minimum Gasteiger partial charge on any atom is -0.329 e. The van der Waals surface area contributed by atoms with Gasteiger partial charge in [0, 0.05) is 27.5 Å². The van der Waals surface area contributed by atoms with Crippen LogP contribution in [0.4, 0.5) is 8.78 Å². The molecule has 1 aliphatic rings. The third-order valence-electron chi connectivity index (χ3n) is 1.69. The van der Waals surface area contributed by atoms with Gasteiger partial charge in [0.2, 0.25) is 0 Å². The Balaban J connectivity index is 0. The SMILES string of the molecule is CC.NCCN1CCC(F)(F)C1.[HH]. The molecule has 0 saturated carbocycles. The van der Waals surface area contributed by atoms with E-state index in [-0.39, 0.29) is 14.4 Å². The van der Waals surface area contributed by atoms with E-state index in [2.05, 4.69) is 0 Å². The van der Waals surface area contributed by atoms with Crippen LogP contribution in [0, 0.1) is 0 Å². The normalized spacial score (nSPS) is 21.8. The Kier molecular flexibility index (Phi) is 5.33. The van der Waals surface area contributed by atoms with Crippen LogP contribution in [0.3, 0.4) is 0 Å². The van der Waals surface area contributed by atoms with Crippen molar-refractivity contribution in [2.45, 2.75) is 26.2 Å². The van der Waals surface area contributed by atoms with Crippen LogP contribution in [0.2, 0.25) is 0 Å². The van der Waals surface area contributed by atoms with Gasteiger partial charge in [0.15, 0.2) is 0 Å². The molecule has 0 spiro atoms. The standard InChI is InChI=1S/C6H12F2N2.C2H6.H2/c7-6(8)1-3-10(5-6)4-2-9;1-2;/h1-5,9H2;1-2H3;1H. The second-order valence-electron chi connectivity index (χ2n) is 2.67. The van der Waals surface area contributed by atoms with Gasteiger partial charge in [0.25, 0.3) is 5.92 Å². The maximum absolute atomic E-state index is 12.4. The summed E-state index contributed by atoms with van der Waals surface area (Å²) in [7, 11) is 0. The van der Waals surface area contributed by atoms with Crippen molar-refractivity contribution in [1.82, 2.24) is 4.90 Å². The molecule has 1 fully saturated rings. The van der Waals surface area contributed by atoms with Gasteiger partial charge in [-0.05, 0) is 0 Å². The molecule has 0 aliphatic carbocycles. The van der Waals surface area contributed by atoms with Gasteiger partial charge < -0.3 is 5.73 Å². The Morgan fingerprint density at radius 1 is 1.50 bits per heavy atom. The monoisotopic (exact) mass is 182 g/mol. The summed E-state index contributed by atoms with van der Waals surface area (Å²) in [6.07, 6.45) is -0.00694. The molecule has 1 aliphatic heterocycles. The van der Waals surface area contributed by atoms with E-state index >= 15 is 0 Å². The molecular weight excluding hydrogens is 162 g/mol. The lowest BCUT2D eigenvalue weighted by atomic mass is 10.3. The van der Waals surface area contributed by atoms with Gasteiger partial charge in [0.1, 0.15) is 0 Å². The highest BCUT2D eigenvalue weighted by Gasteiger charge is 2.37. The Bertz CT molecular complexity index is 123. The number of hydrogen-bond donors (Lipinski definition) is 1. The molecular formula is C8H20F2N2. The van der Waals surface area contributed by atoms with E-state index in [1.807, 2.05) is 13.8 Å². The largest absolute Gasteiger partial charge is 0.329 e. The van der Waals surface area contributed by atoms with Crippen molar-refractivity contribution in [3.05, 3.63) is 0 Å². The van der Waals surface area contributed by atoms with Gasteiger partial charge in [-0.25, -0.2) is 8.78 Å². The lowest BCUT2D eigenvalue weighted by Crippen LogP contribution is -2.29. The van der Waals surface area contributed by atoms with Crippen LogP contribution in [0.15, 0.2) is 0 Å². The Morgan fingerprint density at radius 3 is 2.42 bits per heavy atom. The first-order chi connectivity index (χ1) is 5.64. The third-order valence-corrected chi connectivity index (χ3v) is 1.69. The summed E-state index contributed by atoms with van der Waals surface area (Å²) in [6.45, 7) is 5.44. The summed E-state index contributed by atoms with van der Waals surface area (Å²) < 4.78 is 24.9. The summed E-state index contributed by atoms with van der Waals surface area (Å²) in [4.78, 5) is 1.69. The van der Waals surface area contributed by atoms with Crippen LogP contribution in [-0.4, -0.2) is 37.0 Å². The molecule has 1 heterocycles. The second-order valence-corrected chi connectivity index (χ2v) is 2.67. The Hall–Kier alpha value is -0.220. The molecule has 0 amide bonds. The first-order valence-electron chi connectivity index (χ1n) is 4.44. The molecule has 76 valence electrons. The van der Waals surface area contributed by atoms with Crippen LogP contribution in [0.1, 0.15) is 21.7 Å². The summed E-state index contributed by atoms with van der Waals surface area (Å²) in [5, 5.41) is 0. The predicted octanol–water partition coefficient (Wildman–Crippen LogP) is 1.56. The van der Waals surface area contributed by atoms with E-state index in [1.165, 1.54) is 0 Å². The van der Waals surface area contributed by atoms with E-state index < -0.39 is 5.92 Å². The maximum atomic E-state index is 12.4. The van der Waals surface area contributed by atoms with E-state index in [0.717, 1.165) is 0 Å². The number of likely N-dealkylation sites (tertiary alicyclic amines) is 1. The average molecular weight is 182 g/mol. The molecule has 12 heavy (non-hydrogen) atoms. The van der Waals surface area contributed by atoms with Crippen LogP contribution in [0.25, 0.3) is 0 Å². The zero-order chi connectivity index (χ0) is 9.61. The molecule has 0 aromatic rings.